The van der Waals surface area contributed by atoms with Crippen LogP contribution in [0.1, 0.15) is 18.4 Å². The van der Waals surface area contributed by atoms with Gasteiger partial charge in [-0.05, 0) is 42.8 Å². The van der Waals surface area contributed by atoms with Gasteiger partial charge in [-0.3, -0.25) is 23.7 Å². The number of carboxylic acids is 1. The van der Waals surface area contributed by atoms with E-state index in [9.17, 15) is 14.4 Å². The van der Waals surface area contributed by atoms with Crippen molar-refractivity contribution in [2.75, 3.05) is 6.54 Å². The van der Waals surface area contributed by atoms with Gasteiger partial charge in [0.25, 0.3) is 11.5 Å². The van der Waals surface area contributed by atoms with E-state index in [4.69, 9.17) is 45.3 Å². The normalized spacial score (nSPS) is 14.9. The van der Waals surface area contributed by atoms with Gasteiger partial charge in [-0.25, -0.2) is 0 Å². The average molecular weight is 536 g/mol. The lowest BCUT2D eigenvalue weighted by atomic mass is 10.2. The van der Waals surface area contributed by atoms with Gasteiger partial charge in [0.1, 0.15) is 21.3 Å². The number of carbonyl (C=O) groups is 2. The van der Waals surface area contributed by atoms with Crippen molar-refractivity contribution >= 4 is 75.1 Å². The lowest BCUT2D eigenvalue weighted by Crippen LogP contribution is -2.29. The summed E-state index contributed by atoms with van der Waals surface area (Å²) in [5.74, 6) is -1.20. The van der Waals surface area contributed by atoms with Gasteiger partial charge >= 0.3 is 5.97 Å². The second kappa shape index (κ2) is 10.1. The molecule has 0 unspecified atom stereocenters. The molecule has 12 heteroatoms. The van der Waals surface area contributed by atoms with E-state index in [0.717, 1.165) is 11.8 Å². The number of halogens is 2. The van der Waals surface area contributed by atoms with E-state index >= 15 is 0 Å². The van der Waals surface area contributed by atoms with Crippen LogP contribution in [0, 0.1) is 0 Å². The molecule has 0 radical (unpaired) electrons. The van der Waals surface area contributed by atoms with E-state index in [2.05, 4.69) is 4.98 Å². The highest BCUT2D eigenvalue weighted by molar-refractivity contribution is 8.26. The Bertz CT molecular complexity index is 1420. The maximum Gasteiger partial charge on any atom is 0.303 e. The number of carbonyl (C=O) groups excluding carboxylic acids is 1. The molecule has 4 rings (SSSR count). The number of hydrogen-bond acceptors (Lipinski definition) is 7. The van der Waals surface area contributed by atoms with Crippen LogP contribution in [0.5, 0.6) is 11.6 Å². The van der Waals surface area contributed by atoms with Crippen molar-refractivity contribution in [3.63, 3.8) is 0 Å². The number of hydrogen-bond donors (Lipinski definition) is 1. The number of aliphatic carboxylic acids is 1. The number of pyridine rings is 1. The molecule has 1 aromatic carbocycles. The van der Waals surface area contributed by atoms with Crippen LogP contribution in [0.4, 0.5) is 0 Å². The first-order valence-corrected chi connectivity index (χ1v) is 11.8. The molecule has 3 heterocycles. The minimum Gasteiger partial charge on any atom is -0.481 e. The molecule has 0 saturated carbocycles. The number of carboxylic acid groups (broad SMARTS) is 1. The fraction of sp³-hybridized carbons (Fsp3) is 0.136. The number of nitrogens with zero attached hydrogens (tertiary/aromatic N) is 3. The Hall–Kier alpha value is -2.92. The van der Waals surface area contributed by atoms with E-state index < -0.39 is 17.4 Å². The molecule has 0 bridgehead atoms. The smallest absolute Gasteiger partial charge is 0.303 e. The van der Waals surface area contributed by atoms with Gasteiger partial charge in [0.15, 0.2) is 0 Å². The fourth-order valence-electron chi connectivity index (χ4n) is 3.16. The number of ether oxygens (including phenoxy) is 1. The largest absolute Gasteiger partial charge is 0.481 e. The van der Waals surface area contributed by atoms with Crippen LogP contribution >= 0.6 is 47.2 Å². The number of aromatic nitrogens is 2. The Kier molecular flexibility index (Phi) is 7.22. The van der Waals surface area contributed by atoms with Crippen LogP contribution in [0.2, 0.25) is 10.0 Å². The second-order valence-corrected chi connectivity index (χ2v) is 9.59. The molecule has 1 amide bonds. The van der Waals surface area contributed by atoms with Crippen molar-refractivity contribution in [1.29, 1.82) is 0 Å². The summed E-state index contributed by atoms with van der Waals surface area (Å²) in [5, 5.41) is 9.48. The van der Waals surface area contributed by atoms with E-state index in [1.165, 1.54) is 21.4 Å². The summed E-state index contributed by atoms with van der Waals surface area (Å²) >= 11 is 18.5. The minimum absolute atomic E-state index is 0.0285. The summed E-state index contributed by atoms with van der Waals surface area (Å²) in [6.45, 7) is 0.160. The Balaban J connectivity index is 1.76. The molecule has 2 aromatic heterocycles. The van der Waals surface area contributed by atoms with Crippen molar-refractivity contribution in [1.82, 2.24) is 14.3 Å². The minimum atomic E-state index is -0.959. The number of thiocarbonyl (C=S) groups is 1. The zero-order valence-electron chi connectivity index (χ0n) is 17.2. The number of thioether (sulfide) groups is 1. The van der Waals surface area contributed by atoms with Crippen molar-refractivity contribution in [2.24, 2.45) is 0 Å². The highest BCUT2D eigenvalue weighted by Gasteiger charge is 2.32. The Morgan fingerprint density at radius 1 is 1.24 bits per heavy atom. The Morgan fingerprint density at radius 3 is 2.76 bits per heavy atom. The summed E-state index contributed by atoms with van der Waals surface area (Å²) in [7, 11) is 0. The average Bonchev–Trinajstić information content (AvgIpc) is 3.05. The molecule has 1 aliphatic heterocycles. The van der Waals surface area contributed by atoms with Crippen LogP contribution in [-0.4, -0.2) is 42.1 Å². The summed E-state index contributed by atoms with van der Waals surface area (Å²) in [6.07, 6.45) is 3.09. The van der Waals surface area contributed by atoms with E-state index in [0.29, 0.717) is 10.7 Å². The topological polar surface area (TPSA) is 101 Å². The molecule has 3 aromatic rings. The number of fused-ring (bicyclic) bond motifs is 1. The van der Waals surface area contributed by atoms with Gasteiger partial charge in [-0.2, -0.15) is 4.98 Å². The summed E-state index contributed by atoms with van der Waals surface area (Å²) in [5.41, 5.74) is -0.0893. The van der Waals surface area contributed by atoms with Gasteiger partial charge in [0.2, 0.25) is 5.88 Å². The standard InChI is InChI=1S/C22H15Cl2N3O5S2/c23-12-6-7-15(14(24)10-12)32-19-13(20(30)26-8-2-1-4-17(26)25-19)11-16-21(31)27(22(33)34-16)9-3-5-18(28)29/h1-2,4,6-8,10-11H,3,5,9H2,(H,28,29)/b16-11+. The van der Waals surface area contributed by atoms with Crippen molar-refractivity contribution in [3.8, 4) is 11.6 Å². The highest BCUT2D eigenvalue weighted by Crippen LogP contribution is 2.36. The molecule has 1 fully saturated rings. The molecule has 1 saturated heterocycles. The summed E-state index contributed by atoms with van der Waals surface area (Å²) in [4.78, 5) is 43.0. The van der Waals surface area contributed by atoms with Gasteiger partial charge in [-0.1, -0.05) is 53.2 Å². The Morgan fingerprint density at radius 2 is 2.03 bits per heavy atom. The number of rotatable bonds is 7. The first-order valence-electron chi connectivity index (χ1n) is 9.86. The molecule has 34 heavy (non-hydrogen) atoms. The van der Waals surface area contributed by atoms with Gasteiger partial charge < -0.3 is 9.84 Å². The first-order chi connectivity index (χ1) is 16.2. The molecule has 1 aliphatic rings. The predicted molar refractivity (Wildman–Crippen MR) is 135 cm³/mol. The first kappa shape index (κ1) is 24.2. The maximum atomic E-state index is 13.3. The molecule has 174 valence electrons. The van der Waals surface area contributed by atoms with Crippen molar-refractivity contribution < 1.29 is 19.4 Å². The Labute approximate surface area is 212 Å². The van der Waals surface area contributed by atoms with Crippen molar-refractivity contribution in [2.45, 2.75) is 12.8 Å². The third-order valence-corrected chi connectivity index (χ3v) is 6.66. The second-order valence-electron chi connectivity index (χ2n) is 7.07. The third kappa shape index (κ3) is 5.10. The predicted octanol–water partition coefficient (Wildman–Crippen LogP) is 4.86. The zero-order chi connectivity index (χ0) is 24.4. The van der Waals surface area contributed by atoms with Crippen LogP contribution in [0.3, 0.4) is 0 Å². The quantitative estimate of drug-likeness (QED) is 0.338. The molecule has 8 nitrogen and oxygen atoms in total. The highest BCUT2D eigenvalue weighted by atomic mass is 35.5. The van der Waals surface area contributed by atoms with E-state index in [1.807, 2.05) is 0 Å². The maximum absolute atomic E-state index is 13.3. The number of amides is 1. The van der Waals surface area contributed by atoms with E-state index in [-0.39, 0.29) is 50.8 Å². The molecular formula is C22H15Cl2N3O5S2. The molecule has 0 aliphatic carbocycles. The SMILES string of the molecule is O=C(O)CCCN1C(=O)/C(=C\c2c(Oc3ccc(Cl)cc3Cl)nc3ccccn3c2=O)SC1=S. The third-order valence-electron chi connectivity index (χ3n) is 4.76. The van der Waals surface area contributed by atoms with Crippen LogP contribution in [0.25, 0.3) is 11.7 Å². The molecule has 0 spiro atoms. The monoisotopic (exact) mass is 535 g/mol. The van der Waals surface area contributed by atoms with Crippen molar-refractivity contribution in [3.05, 3.63) is 73.5 Å². The van der Waals surface area contributed by atoms with Gasteiger partial charge in [-0.15, -0.1) is 0 Å². The van der Waals surface area contributed by atoms with Crippen LogP contribution in [0.15, 0.2) is 52.3 Å². The summed E-state index contributed by atoms with van der Waals surface area (Å²) < 4.78 is 7.49. The zero-order valence-corrected chi connectivity index (χ0v) is 20.4. The lowest BCUT2D eigenvalue weighted by molar-refractivity contribution is -0.137. The van der Waals surface area contributed by atoms with Gasteiger partial charge in [0, 0.05) is 24.2 Å². The lowest BCUT2D eigenvalue weighted by Gasteiger charge is -2.13. The number of benzene rings is 1. The van der Waals surface area contributed by atoms with Gasteiger partial charge in [0.05, 0.1) is 9.93 Å². The summed E-state index contributed by atoms with van der Waals surface area (Å²) in [6, 6.07) is 9.67. The van der Waals surface area contributed by atoms with Crippen LogP contribution in [-0.2, 0) is 9.59 Å². The molecular weight excluding hydrogens is 521 g/mol. The molecule has 1 N–H and O–H groups in total. The fourth-order valence-corrected chi connectivity index (χ4v) is 4.90. The molecule has 0 atom stereocenters. The van der Waals surface area contributed by atoms with E-state index in [1.54, 1.807) is 36.5 Å². The van der Waals surface area contributed by atoms with Crippen LogP contribution < -0.4 is 10.3 Å².